The van der Waals surface area contributed by atoms with Crippen LogP contribution in [0.25, 0.3) is 11.1 Å². The first-order valence-corrected chi connectivity index (χ1v) is 10.0. The summed E-state index contributed by atoms with van der Waals surface area (Å²) in [5, 5.41) is 4.28. The van der Waals surface area contributed by atoms with Gasteiger partial charge in [0, 0.05) is 64.3 Å². The van der Waals surface area contributed by atoms with Crippen LogP contribution in [0.1, 0.15) is 17.4 Å². The van der Waals surface area contributed by atoms with Crippen LogP contribution < -0.4 is 9.64 Å². The highest BCUT2D eigenvalue weighted by Crippen LogP contribution is 2.32. The Balaban J connectivity index is 1.63. The Labute approximate surface area is 177 Å². The summed E-state index contributed by atoms with van der Waals surface area (Å²) in [6, 6.07) is 7.98. The summed E-state index contributed by atoms with van der Waals surface area (Å²) in [5.41, 5.74) is 4.14. The molecule has 1 aliphatic rings. The molecule has 2 aromatic heterocycles. The molecule has 1 unspecified atom stereocenters. The maximum Gasteiger partial charge on any atom is 0.225 e. The van der Waals surface area contributed by atoms with Crippen LogP contribution in [0, 0.1) is 0 Å². The van der Waals surface area contributed by atoms with Crippen molar-refractivity contribution in [3.05, 3.63) is 54.1 Å². The lowest BCUT2D eigenvalue weighted by Crippen LogP contribution is -2.38. The highest BCUT2D eigenvalue weighted by Gasteiger charge is 2.27. The monoisotopic (exact) mass is 408 g/mol. The van der Waals surface area contributed by atoms with Crippen molar-refractivity contribution < 1.29 is 9.47 Å². The Bertz CT molecular complexity index is 986. The summed E-state index contributed by atoms with van der Waals surface area (Å²) in [7, 11) is 7.50. The van der Waals surface area contributed by atoms with Gasteiger partial charge in [0.25, 0.3) is 0 Å². The number of anilines is 1. The molecule has 3 aromatic rings. The third-order valence-corrected chi connectivity index (χ3v) is 5.23. The Morgan fingerprint density at radius 1 is 1.20 bits per heavy atom. The van der Waals surface area contributed by atoms with E-state index >= 15 is 0 Å². The summed E-state index contributed by atoms with van der Waals surface area (Å²) in [6.07, 6.45) is 5.74. The van der Waals surface area contributed by atoms with E-state index in [9.17, 15) is 0 Å². The second-order valence-corrected chi connectivity index (χ2v) is 7.71. The quantitative estimate of drug-likeness (QED) is 0.621. The molecule has 0 amide bonds. The van der Waals surface area contributed by atoms with E-state index in [4.69, 9.17) is 14.5 Å². The van der Waals surface area contributed by atoms with Gasteiger partial charge in [-0.1, -0.05) is 12.1 Å². The first-order chi connectivity index (χ1) is 14.5. The van der Waals surface area contributed by atoms with Crippen LogP contribution in [0.2, 0.25) is 0 Å². The highest BCUT2D eigenvalue weighted by molar-refractivity contribution is 5.67. The number of hydrogen-bond donors (Lipinski definition) is 0. The molecule has 1 atom stereocenters. The third-order valence-electron chi connectivity index (χ3n) is 5.23. The molecule has 1 aliphatic heterocycles. The van der Waals surface area contributed by atoms with Crippen molar-refractivity contribution in [3.8, 4) is 16.9 Å². The second-order valence-electron chi connectivity index (χ2n) is 7.71. The Morgan fingerprint density at radius 2 is 2.00 bits per heavy atom. The molecule has 1 fully saturated rings. The first kappa shape index (κ1) is 20.3. The maximum absolute atomic E-state index is 6.18. The van der Waals surface area contributed by atoms with Gasteiger partial charge < -0.3 is 14.4 Å². The molecule has 8 nitrogen and oxygen atoms in total. The van der Waals surface area contributed by atoms with Gasteiger partial charge >= 0.3 is 0 Å². The second kappa shape index (κ2) is 8.81. The number of aryl methyl sites for hydroxylation is 1. The van der Waals surface area contributed by atoms with Gasteiger partial charge in [-0.3, -0.25) is 9.58 Å². The molecular formula is C22H28N6O2. The number of morpholine rings is 1. The van der Waals surface area contributed by atoms with E-state index in [1.165, 1.54) is 5.56 Å². The van der Waals surface area contributed by atoms with Gasteiger partial charge in [0.05, 0.1) is 25.6 Å². The van der Waals surface area contributed by atoms with Crippen molar-refractivity contribution in [2.45, 2.75) is 12.6 Å². The van der Waals surface area contributed by atoms with E-state index in [0.29, 0.717) is 12.6 Å². The van der Waals surface area contributed by atoms with Gasteiger partial charge in [0.15, 0.2) is 0 Å². The SMILES string of the molecule is COc1ccc(-c2cnc(N(C)C)nc2C2CN(Cc3cnn(C)c3)CCO2)cc1. The smallest absolute Gasteiger partial charge is 0.225 e. The van der Waals surface area contributed by atoms with Crippen LogP contribution in [-0.2, 0) is 18.3 Å². The number of aromatic nitrogens is 4. The van der Waals surface area contributed by atoms with Gasteiger partial charge in [-0.25, -0.2) is 9.97 Å². The Kier molecular flexibility index (Phi) is 5.96. The van der Waals surface area contributed by atoms with E-state index in [1.54, 1.807) is 7.11 Å². The lowest BCUT2D eigenvalue weighted by Gasteiger charge is -2.33. The van der Waals surface area contributed by atoms with Crippen LogP contribution in [0.15, 0.2) is 42.9 Å². The molecule has 158 valence electrons. The van der Waals surface area contributed by atoms with E-state index in [1.807, 2.05) is 67.4 Å². The molecular weight excluding hydrogens is 380 g/mol. The number of methoxy groups -OCH3 is 1. The average molecular weight is 409 g/mol. The van der Waals surface area contributed by atoms with E-state index in [-0.39, 0.29) is 6.10 Å². The molecule has 8 heteroatoms. The lowest BCUT2D eigenvalue weighted by molar-refractivity contribution is -0.0347. The van der Waals surface area contributed by atoms with E-state index < -0.39 is 0 Å². The van der Waals surface area contributed by atoms with Gasteiger partial charge in [0.2, 0.25) is 5.95 Å². The third kappa shape index (κ3) is 4.44. The fraction of sp³-hybridized carbons (Fsp3) is 0.409. The predicted molar refractivity (Wildman–Crippen MR) is 116 cm³/mol. The van der Waals surface area contributed by atoms with Gasteiger partial charge in [-0.2, -0.15) is 5.10 Å². The molecule has 0 bridgehead atoms. The van der Waals surface area contributed by atoms with Gasteiger partial charge in [-0.15, -0.1) is 0 Å². The Morgan fingerprint density at radius 3 is 2.67 bits per heavy atom. The van der Waals surface area contributed by atoms with Gasteiger partial charge in [-0.05, 0) is 17.7 Å². The summed E-state index contributed by atoms with van der Waals surface area (Å²) < 4.78 is 13.3. The molecule has 0 spiro atoms. The normalized spacial score (nSPS) is 17.1. The predicted octanol–water partition coefficient (Wildman–Crippen LogP) is 2.53. The minimum Gasteiger partial charge on any atom is -0.497 e. The summed E-state index contributed by atoms with van der Waals surface area (Å²) in [5.74, 6) is 1.50. The van der Waals surface area contributed by atoms with Gasteiger partial charge in [0.1, 0.15) is 11.9 Å². The first-order valence-electron chi connectivity index (χ1n) is 10.0. The summed E-state index contributed by atoms with van der Waals surface area (Å²) in [4.78, 5) is 13.7. The van der Waals surface area contributed by atoms with Crippen LogP contribution in [0.3, 0.4) is 0 Å². The molecule has 0 aliphatic carbocycles. The van der Waals surface area contributed by atoms with Crippen LogP contribution in [-0.4, -0.2) is 65.5 Å². The molecule has 4 rings (SSSR count). The zero-order valence-electron chi connectivity index (χ0n) is 17.9. The summed E-state index contributed by atoms with van der Waals surface area (Å²) >= 11 is 0. The fourth-order valence-corrected chi connectivity index (χ4v) is 3.66. The summed E-state index contributed by atoms with van der Waals surface area (Å²) in [6.45, 7) is 3.16. The average Bonchev–Trinajstić information content (AvgIpc) is 3.18. The number of hydrogen-bond acceptors (Lipinski definition) is 7. The minimum atomic E-state index is -0.130. The molecule has 0 N–H and O–H groups in total. The van der Waals surface area contributed by atoms with Crippen molar-refractivity contribution in [2.24, 2.45) is 7.05 Å². The van der Waals surface area contributed by atoms with Crippen molar-refractivity contribution in [3.63, 3.8) is 0 Å². The largest absolute Gasteiger partial charge is 0.497 e. The number of ether oxygens (including phenoxy) is 2. The van der Waals surface area contributed by atoms with Crippen LogP contribution in [0.5, 0.6) is 5.75 Å². The maximum atomic E-state index is 6.18. The van der Waals surface area contributed by atoms with Crippen molar-refractivity contribution in [2.75, 3.05) is 45.8 Å². The number of benzene rings is 1. The van der Waals surface area contributed by atoms with Crippen LogP contribution >= 0.6 is 0 Å². The van der Waals surface area contributed by atoms with Crippen molar-refractivity contribution in [1.82, 2.24) is 24.6 Å². The van der Waals surface area contributed by atoms with E-state index in [0.717, 1.165) is 42.2 Å². The minimum absolute atomic E-state index is 0.130. The highest BCUT2D eigenvalue weighted by atomic mass is 16.5. The zero-order chi connectivity index (χ0) is 21.1. The lowest BCUT2D eigenvalue weighted by atomic mass is 10.0. The molecule has 1 aromatic carbocycles. The standard InChI is InChI=1S/C22H28N6O2/c1-26(2)22-23-12-19(17-5-7-18(29-4)8-6-17)21(25-22)20-15-28(9-10-30-20)14-16-11-24-27(3)13-16/h5-8,11-13,20H,9-10,14-15H2,1-4H3. The van der Waals surface area contributed by atoms with E-state index in [2.05, 4.69) is 21.2 Å². The molecule has 30 heavy (non-hydrogen) atoms. The zero-order valence-corrected chi connectivity index (χ0v) is 17.9. The molecule has 0 radical (unpaired) electrons. The van der Waals surface area contributed by atoms with Crippen molar-refractivity contribution >= 4 is 5.95 Å². The number of rotatable bonds is 6. The molecule has 0 saturated carbocycles. The number of nitrogens with zero attached hydrogens (tertiary/aromatic N) is 6. The van der Waals surface area contributed by atoms with Crippen molar-refractivity contribution in [1.29, 1.82) is 0 Å². The molecule has 3 heterocycles. The fourth-order valence-electron chi connectivity index (χ4n) is 3.66. The topological polar surface area (TPSA) is 68.5 Å². The Hall–Kier alpha value is -2.97. The van der Waals surface area contributed by atoms with Crippen LogP contribution in [0.4, 0.5) is 5.95 Å². The molecule has 1 saturated heterocycles.